The van der Waals surface area contributed by atoms with E-state index in [2.05, 4.69) is 52.6 Å². The largest absolute Gasteiger partial charge is 0.515 e. The monoisotopic (exact) mass is 848 g/mol. The summed E-state index contributed by atoms with van der Waals surface area (Å²) in [6, 6.07) is 6.96. The van der Waals surface area contributed by atoms with Gasteiger partial charge in [-0.05, 0) is 55.5 Å². The number of allylic oxidation sites excluding steroid dienone is 1. The lowest BCUT2D eigenvalue weighted by Crippen LogP contribution is -2.21. The first-order chi connectivity index (χ1) is 19.8. The molecule has 1 aromatic heterocycles. The summed E-state index contributed by atoms with van der Waals surface area (Å²) in [6.07, 6.45) is -13.1. The Balaban J connectivity index is 0.000000410. The lowest BCUT2D eigenvalue weighted by molar-refractivity contribution is -0.138. The summed E-state index contributed by atoms with van der Waals surface area (Å²) in [6.45, 7) is 8.04. The van der Waals surface area contributed by atoms with Gasteiger partial charge in [-0.3, -0.25) is 9.59 Å². The van der Waals surface area contributed by atoms with Gasteiger partial charge in [-0.15, -0.1) is 0 Å². The molecule has 3 aromatic rings. The Morgan fingerprint density at radius 2 is 1.26 bits per heavy atom. The summed E-state index contributed by atoms with van der Waals surface area (Å²) in [4.78, 5) is 25.5. The van der Waals surface area contributed by atoms with Crippen molar-refractivity contribution in [3.63, 3.8) is 0 Å². The van der Waals surface area contributed by atoms with Gasteiger partial charge in [0.25, 0.3) is 17.5 Å². The Morgan fingerprint density at radius 3 is 1.58 bits per heavy atom. The SMILES string of the molecule is Cc1oncc1C(=O)Nc1ccc(C(F)(F)F)cc1.II.[C-]#[N+]/C(C(=O)Nc1ccc(C(F)(F)F)cc1)=C(\O)C(F)(F)F. The second kappa shape index (κ2) is 15.8. The molecule has 232 valence electrons. The number of hydrogen-bond donors (Lipinski definition) is 3. The molecule has 0 fully saturated rings. The van der Waals surface area contributed by atoms with Crippen molar-refractivity contribution in [2.24, 2.45) is 0 Å². The molecule has 0 saturated heterocycles. The van der Waals surface area contributed by atoms with Crippen LogP contribution in [-0.4, -0.2) is 28.3 Å². The molecule has 0 aliphatic rings. The maximum atomic E-state index is 12.4. The van der Waals surface area contributed by atoms with E-state index in [1.54, 1.807) is 12.2 Å². The molecule has 2 aromatic carbocycles. The fourth-order valence-corrected chi connectivity index (χ4v) is 2.74. The van der Waals surface area contributed by atoms with Crippen LogP contribution in [0.3, 0.4) is 0 Å². The highest BCUT2D eigenvalue weighted by atomic mass is 128. The molecule has 2 amide bonds. The lowest BCUT2D eigenvalue weighted by Gasteiger charge is -2.10. The number of anilines is 2. The number of aliphatic hydroxyl groups is 1. The summed E-state index contributed by atoms with van der Waals surface area (Å²) in [5, 5.41) is 16.5. The average Bonchev–Trinajstić information content (AvgIpc) is 3.35. The van der Waals surface area contributed by atoms with Crippen molar-refractivity contribution in [2.75, 3.05) is 10.6 Å². The van der Waals surface area contributed by atoms with Gasteiger partial charge in [0.1, 0.15) is 11.3 Å². The Bertz CT molecular complexity index is 1460. The van der Waals surface area contributed by atoms with Crippen LogP contribution in [0.15, 0.2) is 70.7 Å². The number of nitrogens with zero attached hydrogens (tertiary/aromatic N) is 2. The number of carbonyl (C=O) groups is 2. The second-order valence-corrected chi connectivity index (χ2v) is 7.66. The second-order valence-electron chi connectivity index (χ2n) is 7.66. The van der Waals surface area contributed by atoms with Crippen LogP contribution in [0.2, 0.25) is 0 Å². The maximum absolute atomic E-state index is 12.4. The van der Waals surface area contributed by atoms with Crippen LogP contribution >= 0.6 is 37.2 Å². The zero-order valence-corrected chi connectivity index (χ0v) is 25.2. The summed E-state index contributed by atoms with van der Waals surface area (Å²) in [5.74, 6) is -4.13. The summed E-state index contributed by atoms with van der Waals surface area (Å²) < 4.78 is 115. The van der Waals surface area contributed by atoms with Crippen LogP contribution < -0.4 is 10.6 Å². The highest BCUT2D eigenvalue weighted by Crippen LogP contribution is 2.31. The average molecular weight is 848 g/mol. The predicted molar refractivity (Wildman–Crippen MR) is 151 cm³/mol. The van der Waals surface area contributed by atoms with E-state index in [-0.39, 0.29) is 16.9 Å². The fraction of sp³-hybridized carbons (Fsp3) is 0.167. The van der Waals surface area contributed by atoms with Crippen molar-refractivity contribution >= 4 is 60.4 Å². The van der Waals surface area contributed by atoms with Crippen molar-refractivity contribution < 1.29 is 58.7 Å². The van der Waals surface area contributed by atoms with Gasteiger partial charge < -0.3 is 20.3 Å². The number of hydrogen-bond acceptors (Lipinski definition) is 5. The highest BCUT2D eigenvalue weighted by Gasteiger charge is 2.39. The van der Waals surface area contributed by atoms with E-state index in [4.69, 9.17) is 16.2 Å². The van der Waals surface area contributed by atoms with E-state index in [1.165, 1.54) is 18.3 Å². The van der Waals surface area contributed by atoms with E-state index in [0.717, 1.165) is 24.3 Å². The third kappa shape index (κ3) is 11.6. The summed E-state index contributed by atoms with van der Waals surface area (Å²) in [5.41, 5.74) is -3.18. The van der Waals surface area contributed by atoms with Crippen molar-refractivity contribution in [3.05, 3.63) is 100 Å². The first kappa shape index (κ1) is 37.5. The number of carbonyl (C=O) groups excluding carboxylic acids is 2. The van der Waals surface area contributed by atoms with E-state index >= 15 is 0 Å². The molecular weight excluding hydrogens is 833 g/mol. The molecule has 0 aliphatic carbocycles. The van der Waals surface area contributed by atoms with Crippen molar-refractivity contribution in [1.82, 2.24) is 5.16 Å². The van der Waals surface area contributed by atoms with Gasteiger partial charge in [-0.1, -0.05) is 5.16 Å². The number of nitrogens with one attached hydrogen (secondary N) is 2. The molecule has 0 saturated carbocycles. The lowest BCUT2D eigenvalue weighted by atomic mass is 10.2. The van der Waals surface area contributed by atoms with Gasteiger partial charge in [-0.2, -0.15) is 39.5 Å². The van der Waals surface area contributed by atoms with Crippen LogP contribution in [0.5, 0.6) is 0 Å². The van der Waals surface area contributed by atoms with Gasteiger partial charge in [0.2, 0.25) is 5.76 Å². The van der Waals surface area contributed by atoms with Gasteiger partial charge in [0.05, 0.1) is 23.9 Å². The molecule has 43 heavy (non-hydrogen) atoms. The number of amides is 2. The molecule has 0 spiro atoms. The molecule has 0 atom stereocenters. The molecule has 19 heteroatoms. The number of rotatable bonds is 4. The fourth-order valence-electron chi connectivity index (χ4n) is 2.74. The smallest absolute Gasteiger partial charge is 0.438 e. The molecule has 1 heterocycles. The van der Waals surface area contributed by atoms with Crippen LogP contribution in [0.25, 0.3) is 4.85 Å². The van der Waals surface area contributed by atoms with Crippen molar-refractivity contribution in [1.29, 1.82) is 0 Å². The molecule has 8 nitrogen and oxygen atoms in total. The third-order valence-electron chi connectivity index (χ3n) is 4.76. The highest BCUT2D eigenvalue weighted by molar-refractivity contribution is 15.0. The zero-order chi connectivity index (χ0) is 33.2. The number of aryl methyl sites for hydroxylation is 1. The minimum atomic E-state index is -5.29. The number of aromatic nitrogens is 1. The van der Waals surface area contributed by atoms with Crippen molar-refractivity contribution in [2.45, 2.75) is 25.5 Å². The zero-order valence-electron chi connectivity index (χ0n) is 20.9. The minimum Gasteiger partial charge on any atom is -0.515 e. The Kier molecular flexibility index (Phi) is 13.8. The first-order valence-electron chi connectivity index (χ1n) is 10.7. The van der Waals surface area contributed by atoms with Crippen LogP contribution in [-0.2, 0) is 17.1 Å². The van der Waals surface area contributed by atoms with E-state index < -0.39 is 52.9 Å². The van der Waals surface area contributed by atoms with Gasteiger partial charge >= 0.3 is 18.5 Å². The van der Waals surface area contributed by atoms with Crippen LogP contribution in [0.1, 0.15) is 27.2 Å². The van der Waals surface area contributed by atoms with E-state index in [9.17, 15) is 49.1 Å². The van der Waals surface area contributed by atoms with Crippen LogP contribution in [0.4, 0.5) is 50.9 Å². The molecule has 3 N–H and O–H groups in total. The molecular formula is C24H15F9I2N4O4. The topological polar surface area (TPSA) is 109 Å². The quantitative estimate of drug-likeness (QED) is 0.0800. The molecule has 0 unspecified atom stereocenters. The van der Waals surface area contributed by atoms with Gasteiger partial charge in [-0.25, -0.2) is 4.85 Å². The Labute approximate surface area is 259 Å². The predicted octanol–water partition coefficient (Wildman–Crippen LogP) is 8.92. The maximum Gasteiger partial charge on any atom is 0.438 e. The third-order valence-corrected chi connectivity index (χ3v) is 4.76. The normalized spacial score (nSPS) is 11.9. The first-order valence-corrected chi connectivity index (χ1v) is 17.0. The Hall–Kier alpha value is -3.55. The van der Waals surface area contributed by atoms with Gasteiger partial charge in [0.15, 0.2) is 0 Å². The van der Waals surface area contributed by atoms with Gasteiger partial charge in [0, 0.05) is 48.6 Å². The number of aliphatic hydroxyl groups excluding tert-OH is 1. The van der Waals surface area contributed by atoms with E-state index in [1.807, 2.05) is 0 Å². The number of halogens is 11. The van der Waals surface area contributed by atoms with Crippen molar-refractivity contribution in [3.8, 4) is 0 Å². The minimum absolute atomic E-state index is 0.236. The molecule has 3 rings (SSSR count). The molecule has 0 aliphatic heterocycles. The summed E-state index contributed by atoms with van der Waals surface area (Å²) in [7, 11) is 0. The molecule has 0 bridgehead atoms. The number of benzene rings is 2. The number of alkyl halides is 9. The van der Waals surface area contributed by atoms with E-state index in [0.29, 0.717) is 17.9 Å². The Morgan fingerprint density at radius 1 is 0.837 bits per heavy atom. The summed E-state index contributed by atoms with van der Waals surface area (Å²) >= 11 is 4.24. The standard InChI is InChI=1S/C12H6F6N2O2.C12H9F3N2O2.I2/c1-19-8(9(21)12(16,17)18)10(22)20-7-4-2-6(3-5-7)11(13,14)15;1-7-10(6-16-19-7)11(18)17-9-4-2-8(3-5-9)12(13,14)15;1-2/h2-5,21H,(H,20,22);2-6H,1H3,(H,17,18);/b9-8-;;. The molecule has 0 radical (unpaired) electrons. The van der Waals surface area contributed by atoms with Crippen LogP contribution in [0, 0.1) is 13.5 Å².